The van der Waals surface area contributed by atoms with Crippen molar-refractivity contribution >= 4 is 5.97 Å². The van der Waals surface area contributed by atoms with Crippen molar-refractivity contribution in [2.75, 3.05) is 0 Å². The number of benzene rings is 2. The fraction of sp³-hybridized carbons (Fsp3) is 0.0714. The monoisotopic (exact) mass is 243 g/mol. The number of esters is 1. The van der Waals surface area contributed by atoms with Gasteiger partial charge >= 0.3 is 5.97 Å². The topological polar surface area (TPSA) is 72.5 Å². The number of ether oxygens (including phenoxy) is 1. The van der Waals surface area contributed by atoms with E-state index in [-0.39, 0.29) is 5.75 Å². The Hall–Kier alpha value is -2.33. The van der Waals surface area contributed by atoms with Gasteiger partial charge in [-0.25, -0.2) is 4.79 Å². The van der Waals surface area contributed by atoms with Crippen LogP contribution in [0, 0.1) is 0 Å². The highest BCUT2D eigenvalue weighted by atomic mass is 16.5. The van der Waals surface area contributed by atoms with E-state index in [0.717, 1.165) is 5.56 Å². The van der Waals surface area contributed by atoms with Crippen LogP contribution in [0.4, 0.5) is 0 Å². The fourth-order valence-corrected chi connectivity index (χ4v) is 1.46. The van der Waals surface area contributed by atoms with Crippen LogP contribution >= 0.6 is 0 Å². The molecule has 0 saturated heterocycles. The Morgan fingerprint density at radius 3 is 2.22 bits per heavy atom. The molecular formula is C14H13NO3. The van der Waals surface area contributed by atoms with Crippen molar-refractivity contribution < 1.29 is 14.6 Å². The summed E-state index contributed by atoms with van der Waals surface area (Å²) in [7, 11) is 0. The standard InChI is InChI=1S/C14H13NO3/c15-9-10-1-7-13(8-2-10)18-14(17)11-3-5-12(16)6-4-11/h1-8,16H,9,15H2. The molecule has 0 amide bonds. The van der Waals surface area contributed by atoms with Gasteiger partial charge in [0.1, 0.15) is 11.5 Å². The Labute approximate surface area is 105 Å². The predicted octanol–water partition coefficient (Wildman–Crippen LogP) is 2.07. The third kappa shape index (κ3) is 2.87. The molecule has 0 unspecified atom stereocenters. The van der Waals surface area contributed by atoms with Crippen molar-refractivity contribution in [3.05, 3.63) is 59.7 Å². The van der Waals surface area contributed by atoms with Gasteiger partial charge in [0.15, 0.2) is 0 Å². The summed E-state index contributed by atoms with van der Waals surface area (Å²) in [5.74, 6) is 0.111. The Balaban J connectivity index is 2.08. The van der Waals surface area contributed by atoms with Crippen molar-refractivity contribution in [2.45, 2.75) is 6.54 Å². The van der Waals surface area contributed by atoms with Gasteiger partial charge in [-0.3, -0.25) is 0 Å². The Kier molecular flexibility index (Phi) is 3.60. The molecule has 3 N–H and O–H groups in total. The Morgan fingerprint density at radius 2 is 1.67 bits per heavy atom. The molecule has 4 heteroatoms. The molecule has 0 aliphatic carbocycles. The predicted molar refractivity (Wildman–Crippen MR) is 67.4 cm³/mol. The summed E-state index contributed by atoms with van der Waals surface area (Å²) in [6.07, 6.45) is 0. The van der Waals surface area contributed by atoms with Gasteiger partial charge in [-0.1, -0.05) is 12.1 Å². The second kappa shape index (κ2) is 5.33. The maximum atomic E-state index is 11.8. The van der Waals surface area contributed by atoms with Crippen LogP contribution in [0.25, 0.3) is 0 Å². The van der Waals surface area contributed by atoms with E-state index in [9.17, 15) is 4.79 Å². The number of hydrogen-bond acceptors (Lipinski definition) is 4. The molecule has 2 aromatic rings. The first-order valence-corrected chi connectivity index (χ1v) is 5.49. The lowest BCUT2D eigenvalue weighted by atomic mass is 10.2. The van der Waals surface area contributed by atoms with E-state index in [1.807, 2.05) is 0 Å². The van der Waals surface area contributed by atoms with Crippen LogP contribution in [0.5, 0.6) is 11.5 Å². The molecule has 0 heterocycles. The second-order valence-corrected chi connectivity index (χ2v) is 3.78. The Bertz CT molecular complexity index is 532. The van der Waals surface area contributed by atoms with Gasteiger partial charge in [0.25, 0.3) is 0 Å². The van der Waals surface area contributed by atoms with Crippen LogP contribution in [-0.4, -0.2) is 11.1 Å². The quantitative estimate of drug-likeness (QED) is 0.639. The summed E-state index contributed by atoms with van der Waals surface area (Å²) in [6, 6.07) is 12.9. The summed E-state index contributed by atoms with van der Waals surface area (Å²) in [5.41, 5.74) is 6.83. The number of phenolic OH excluding ortho intramolecular Hbond substituents is 1. The summed E-state index contributed by atoms with van der Waals surface area (Å²) in [4.78, 5) is 11.8. The van der Waals surface area contributed by atoms with Crippen LogP contribution in [0.2, 0.25) is 0 Å². The van der Waals surface area contributed by atoms with Crippen molar-refractivity contribution in [2.24, 2.45) is 5.73 Å². The first-order valence-electron chi connectivity index (χ1n) is 5.49. The molecule has 2 rings (SSSR count). The molecule has 0 saturated carbocycles. The molecule has 4 nitrogen and oxygen atoms in total. The number of rotatable bonds is 3. The number of hydrogen-bond donors (Lipinski definition) is 2. The van der Waals surface area contributed by atoms with E-state index >= 15 is 0 Å². The first kappa shape index (κ1) is 12.1. The molecule has 0 atom stereocenters. The number of carbonyl (C=O) groups excluding carboxylic acids is 1. The molecular weight excluding hydrogens is 230 g/mol. The molecule has 0 aromatic heterocycles. The number of carbonyl (C=O) groups is 1. The van der Waals surface area contributed by atoms with Crippen LogP contribution in [0.15, 0.2) is 48.5 Å². The van der Waals surface area contributed by atoms with Gasteiger partial charge < -0.3 is 15.6 Å². The molecule has 2 aromatic carbocycles. The highest BCUT2D eigenvalue weighted by molar-refractivity contribution is 5.91. The van der Waals surface area contributed by atoms with Crippen LogP contribution in [0.1, 0.15) is 15.9 Å². The van der Waals surface area contributed by atoms with Gasteiger partial charge in [-0.2, -0.15) is 0 Å². The fourth-order valence-electron chi connectivity index (χ4n) is 1.46. The minimum atomic E-state index is -0.463. The number of phenols is 1. The maximum Gasteiger partial charge on any atom is 0.343 e. The summed E-state index contributed by atoms with van der Waals surface area (Å²) in [5, 5.41) is 9.12. The van der Waals surface area contributed by atoms with E-state index in [1.165, 1.54) is 24.3 Å². The highest BCUT2D eigenvalue weighted by Crippen LogP contribution is 2.15. The van der Waals surface area contributed by atoms with E-state index < -0.39 is 5.97 Å². The average Bonchev–Trinajstić information content (AvgIpc) is 2.40. The third-order valence-electron chi connectivity index (χ3n) is 2.47. The molecule has 0 spiro atoms. The van der Waals surface area contributed by atoms with E-state index in [0.29, 0.717) is 17.9 Å². The summed E-state index contributed by atoms with van der Waals surface area (Å²) in [6.45, 7) is 0.451. The average molecular weight is 243 g/mol. The smallest absolute Gasteiger partial charge is 0.343 e. The zero-order valence-corrected chi connectivity index (χ0v) is 9.67. The molecule has 0 fully saturated rings. The lowest BCUT2D eigenvalue weighted by molar-refractivity contribution is 0.0734. The molecule has 92 valence electrons. The van der Waals surface area contributed by atoms with Gasteiger partial charge in [0.2, 0.25) is 0 Å². The SMILES string of the molecule is NCc1ccc(OC(=O)c2ccc(O)cc2)cc1. The normalized spacial score (nSPS) is 10.1. The Morgan fingerprint density at radius 1 is 1.06 bits per heavy atom. The largest absolute Gasteiger partial charge is 0.508 e. The van der Waals surface area contributed by atoms with Gasteiger partial charge in [0.05, 0.1) is 5.56 Å². The zero-order chi connectivity index (χ0) is 13.0. The van der Waals surface area contributed by atoms with E-state index in [2.05, 4.69) is 0 Å². The van der Waals surface area contributed by atoms with Crippen LogP contribution < -0.4 is 10.5 Å². The van der Waals surface area contributed by atoms with Crippen molar-refractivity contribution in [1.29, 1.82) is 0 Å². The number of aromatic hydroxyl groups is 1. The number of nitrogens with two attached hydrogens (primary N) is 1. The molecule has 0 radical (unpaired) electrons. The van der Waals surface area contributed by atoms with Crippen LogP contribution in [-0.2, 0) is 6.54 Å². The van der Waals surface area contributed by atoms with E-state index in [4.69, 9.17) is 15.6 Å². The molecule has 0 aliphatic heterocycles. The lowest BCUT2D eigenvalue weighted by Gasteiger charge is -2.05. The van der Waals surface area contributed by atoms with Gasteiger partial charge in [0, 0.05) is 6.54 Å². The zero-order valence-electron chi connectivity index (χ0n) is 9.67. The van der Waals surface area contributed by atoms with Crippen molar-refractivity contribution in [3.8, 4) is 11.5 Å². The van der Waals surface area contributed by atoms with Gasteiger partial charge in [-0.15, -0.1) is 0 Å². The van der Waals surface area contributed by atoms with E-state index in [1.54, 1.807) is 24.3 Å². The molecule has 18 heavy (non-hydrogen) atoms. The summed E-state index contributed by atoms with van der Waals surface area (Å²) >= 11 is 0. The second-order valence-electron chi connectivity index (χ2n) is 3.78. The minimum absolute atomic E-state index is 0.110. The van der Waals surface area contributed by atoms with Crippen molar-refractivity contribution in [1.82, 2.24) is 0 Å². The lowest BCUT2D eigenvalue weighted by Crippen LogP contribution is -2.08. The molecule has 0 aliphatic rings. The maximum absolute atomic E-state index is 11.8. The first-order chi connectivity index (χ1) is 8.69. The van der Waals surface area contributed by atoms with Crippen molar-refractivity contribution in [3.63, 3.8) is 0 Å². The third-order valence-corrected chi connectivity index (χ3v) is 2.47. The highest BCUT2D eigenvalue weighted by Gasteiger charge is 2.08. The summed E-state index contributed by atoms with van der Waals surface area (Å²) < 4.78 is 5.18. The minimum Gasteiger partial charge on any atom is -0.508 e. The van der Waals surface area contributed by atoms with Crippen LogP contribution in [0.3, 0.4) is 0 Å². The molecule has 0 bridgehead atoms. The van der Waals surface area contributed by atoms with Gasteiger partial charge in [-0.05, 0) is 42.0 Å².